The first-order valence-corrected chi connectivity index (χ1v) is 11.0. The molecule has 0 saturated heterocycles. The van der Waals surface area contributed by atoms with Crippen LogP contribution in [-0.4, -0.2) is 25.2 Å². The van der Waals surface area contributed by atoms with Crippen LogP contribution < -0.4 is 5.32 Å². The fraction of sp³-hybridized carbons (Fsp3) is 0.0952. The number of carbonyl (C=O) groups is 1. The van der Waals surface area contributed by atoms with Gasteiger partial charge in [-0.25, -0.2) is 12.8 Å². The third-order valence-electron chi connectivity index (χ3n) is 4.12. The van der Waals surface area contributed by atoms with Crippen molar-refractivity contribution < 1.29 is 17.6 Å². The lowest BCUT2D eigenvalue weighted by atomic mass is 10.2. The second kappa shape index (κ2) is 9.57. The van der Waals surface area contributed by atoms with Crippen LogP contribution in [0.15, 0.2) is 77.7 Å². The molecule has 5 nitrogen and oxygen atoms in total. The van der Waals surface area contributed by atoms with Crippen molar-refractivity contribution in [2.75, 3.05) is 11.9 Å². The summed E-state index contributed by atoms with van der Waals surface area (Å²) in [6.07, 6.45) is 0. The topological polar surface area (TPSA) is 66.5 Å². The number of nitrogens with zero attached hydrogens (tertiary/aromatic N) is 1. The maximum Gasteiger partial charge on any atom is 0.243 e. The number of nitrogens with one attached hydrogen (secondary N) is 1. The molecule has 3 aromatic carbocycles. The van der Waals surface area contributed by atoms with E-state index < -0.39 is 28.3 Å². The lowest BCUT2D eigenvalue weighted by molar-refractivity contribution is -0.116. The Morgan fingerprint density at radius 2 is 1.53 bits per heavy atom. The largest absolute Gasteiger partial charge is 0.325 e. The van der Waals surface area contributed by atoms with Crippen molar-refractivity contribution in [3.63, 3.8) is 0 Å². The van der Waals surface area contributed by atoms with Crippen LogP contribution in [0.4, 0.5) is 10.1 Å². The van der Waals surface area contributed by atoms with Crippen molar-refractivity contribution in [1.82, 2.24) is 4.31 Å². The van der Waals surface area contributed by atoms with Gasteiger partial charge in [0, 0.05) is 22.3 Å². The van der Waals surface area contributed by atoms with E-state index in [9.17, 15) is 17.6 Å². The fourth-order valence-electron chi connectivity index (χ4n) is 2.76. The zero-order chi connectivity index (χ0) is 21.7. The average molecular weight is 467 g/mol. The summed E-state index contributed by atoms with van der Waals surface area (Å²) in [4.78, 5) is 12.5. The molecular formula is C21H17Cl2FN2O3S. The molecule has 0 spiro atoms. The van der Waals surface area contributed by atoms with Gasteiger partial charge in [0.25, 0.3) is 0 Å². The fourth-order valence-corrected chi connectivity index (χ4v) is 4.67. The zero-order valence-electron chi connectivity index (χ0n) is 15.6. The summed E-state index contributed by atoms with van der Waals surface area (Å²) in [5.74, 6) is -1.13. The van der Waals surface area contributed by atoms with Gasteiger partial charge in [-0.2, -0.15) is 4.31 Å². The van der Waals surface area contributed by atoms with E-state index in [1.54, 1.807) is 30.3 Å². The average Bonchev–Trinajstić information content (AvgIpc) is 2.68. The van der Waals surface area contributed by atoms with Gasteiger partial charge in [-0.1, -0.05) is 53.5 Å². The maximum atomic E-state index is 13.2. The van der Waals surface area contributed by atoms with E-state index in [1.165, 1.54) is 18.2 Å². The predicted octanol–water partition coefficient (Wildman–Crippen LogP) is 4.96. The molecule has 3 rings (SSSR count). The van der Waals surface area contributed by atoms with Crippen LogP contribution in [0.3, 0.4) is 0 Å². The zero-order valence-corrected chi connectivity index (χ0v) is 17.9. The van der Waals surface area contributed by atoms with Crippen LogP contribution in [-0.2, 0) is 21.4 Å². The van der Waals surface area contributed by atoms with Gasteiger partial charge in [0.2, 0.25) is 15.9 Å². The van der Waals surface area contributed by atoms with Crippen LogP contribution in [0.5, 0.6) is 0 Å². The van der Waals surface area contributed by atoms with Gasteiger partial charge in [0.15, 0.2) is 0 Å². The Labute approximate surface area is 184 Å². The molecule has 0 fully saturated rings. The van der Waals surface area contributed by atoms with Gasteiger partial charge in [-0.15, -0.1) is 0 Å². The monoisotopic (exact) mass is 466 g/mol. The molecule has 156 valence electrons. The molecule has 0 aliphatic rings. The number of benzene rings is 3. The Hall–Kier alpha value is -2.45. The van der Waals surface area contributed by atoms with E-state index in [4.69, 9.17) is 23.2 Å². The number of anilines is 1. The van der Waals surface area contributed by atoms with Crippen LogP contribution in [0.1, 0.15) is 5.56 Å². The second-order valence-corrected chi connectivity index (χ2v) is 9.23. The predicted molar refractivity (Wildman–Crippen MR) is 116 cm³/mol. The molecule has 0 aliphatic heterocycles. The Morgan fingerprint density at radius 1 is 0.933 bits per heavy atom. The SMILES string of the molecule is O=C(CN(Cc1ccccc1)S(=O)(=O)c1ccc(F)cc1)Nc1cc(Cl)cc(Cl)c1. The Morgan fingerprint density at radius 3 is 2.13 bits per heavy atom. The highest BCUT2D eigenvalue weighted by Crippen LogP contribution is 2.23. The van der Waals surface area contributed by atoms with Crippen molar-refractivity contribution >= 4 is 44.8 Å². The van der Waals surface area contributed by atoms with E-state index in [1.807, 2.05) is 0 Å². The third-order valence-corrected chi connectivity index (χ3v) is 6.36. The first-order chi connectivity index (χ1) is 14.2. The van der Waals surface area contributed by atoms with Crippen LogP contribution in [0, 0.1) is 5.82 Å². The first-order valence-electron chi connectivity index (χ1n) is 8.79. The standard InChI is InChI=1S/C21H17Cl2FN2O3S/c22-16-10-17(23)12-19(11-16)25-21(27)14-26(13-15-4-2-1-3-5-15)30(28,29)20-8-6-18(24)7-9-20/h1-12H,13-14H2,(H,25,27). The molecule has 0 aliphatic carbocycles. The molecule has 1 amide bonds. The summed E-state index contributed by atoms with van der Waals surface area (Å²) < 4.78 is 40.5. The summed E-state index contributed by atoms with van der Waals surface area (Å²) >= 11 is 11.9. The molecule has 0 heterocycles. The molecule has 0 saturated carbocycles. The number of halogens is 3. The Kier molecular flexibility index (Phi) is 7.10. The lowest BCUT2D eigenvalue weighted by Gasteiger charge is -2.22. The highest BCUT2D eigenvalue weighted by atomic mass is 35.5. The molecule has 30 heavy (non-hydrogen) atoms. The molecule has 0 aromatic heterocycles. The summed E-state index contributed by atoms with van der Waals surface area (Å²) in [7, 11) is -4.07. The van der Waals surface area contributed by atoms with E-state index in [-0.39, 0.29) is 11.4 Å². The number of rotatable bonds is 7. The first kappa shape index (κ1) is 22.2. The highest BCUT2D eigenvalue weighted by Gasteiger charge is 2.27. The van der Waals surface area contributed by atoms with E-state index in [0.29, 0.717) is 21.3 Å². The van der Waals surface area contributed by atoms with Crippen molar-refractivity contribution in [3.8, 4) is 0 Å². The number of carbonyl (C=O) groups excluding carboxylic acids is 1. The van der Waals surface area contributed by atoms with E-state index >= 15 is 0 Å². The van der Waals surface area contributed by atoms with Crippen molar-refractivity contribution in [2.45, 2.75) is 11.4 Å². The Bertz CT molecular complexity index is 1120. The number of amides is 1. The maximum absolute atomic E-state index is 13.2. The second-order valence-electron chi connectivity index (χ2n) is 6.42. The smallest absolute Gasteiger partial charge is 0.243 e. The molecule has 0 atom stereocenters. The quantitative estimate of drug-likeness (QED) is 0.534. The third kappa shape index (κ3) is 5.79. The lowest BCUT2D eigenvalue weighted by Crippen LogP contribution is -2.37. The van der Waals surface area contributed by atoms with E-state index in [2.05, 4.69) is 5.32 Å². The summed E-state index contributed by atoms with van der Waals surface area (Å²) in [6, 6.07) is 17.8. The van der Waals surface area contributed by atoms with Gasteiger partial charge in [-0.05, 0) is 48.0 Å². The minimum Gasteiger partial charge on any atom is -0.325 e. The van der Waals surface area contributed by atoms with Crippen LogP contribution >= 0.6 is 23.2 Å². The highest BCUT2D eigenvalue weighted by molar-refractivity contribution is 7.89. The van der Waals surface area contributed by atoms with Crippen LogP contribution in [0.25, 0.3) is 0 Å². The molecule has 0 radical (unpaired) electrons. The molecule has 3 aromatic rings. The van der Waals surface area contributed by atoms with Gasteiger partial charge in [0.05, 0.1) is 11.4 Å². The number of sulfonamides is 1. The molecule has 0 bridgehead atoms. The van der Waals surface area contributed by atoms with Gasteiger partial charge < -0.3 is 5.32 Å². The van der Waals surface area contributed by atoms with Gasteiger partial charge in [-0.3, -0.25) is 4.79 Å². The van der Waals surface area contributed by atoms with E-state index in [0.717, 1.165) is 28.6 Å². The molecule has 1 N–H and O–H groups in total. The molecule has 9 heteroatoms. The summed E-state index contributed by atoms with van der Waals surface area (Å²) in [5, 5.41) is 3.26. The normalized spacial score (nSPS) is 11.5. The van der Waals surface area contributed by atoms with Crippen molar-refractivity contribution in [1.29, 1.82) is 0 Å². The number of hydrogen-bond acceptors (Lipinski definition) is 3. The van der Waals surface area contributed by atoms with Gasteiger partial charge >= 0.3 is 0 Å². The van der Waals surface area contributed by atoms with Crippen molar-refractivity contribution in [3.05, 3.63) is 94.2 Å². The van der Waals surface area contributed by atoms with Crippen LogP contribution in [0.2, 0.25) is 10.0 Å². The molecular weight excluding hydrogens is 450 g/mol. The Balaban J connectivity index is 1.87. The summed E-state index contributed by atoms with van der Waals surface area (Å²) in [5.41, 5.74) is 1.04. The number of hydrogen-bond donors (Lipinski definition) is 1. The minimum absolute atomic E-state index is 0.0374. The van der Waals surface area contributed by atoms with Gasteiger partial charge in [0.1, 0.15) is 5.82 Å². The summed E-state index contributed by atoms with van der Waals surface area (Å²) in [6.45, 7) is -0.497. The molecule has 0 unspecified atom stereocenters. The van der Waals surface area contributed by atoms with Crippen molar-refractivity contribution in [2.24, 2.45) is 0 Å². The minimum atomic E-state index is -4.07.